The molecule has 0 heterocycles. The molecule has 0 unspecified atom stereocenters. The van der Waals surface area contributed by atoms with E-state index in [0.717, 1.165) is 5.75 Å². The lowest BCUT2D eigenvalue weighted by atomic mass is 9.74. The van der Waals surface area contributed by atoms with Crippen LogP contribution in [0.1, 0.15) is 75.8 Å². The van der Waals surface area contributed by atoms with Crippen molar-refractivity contribution in [2.45, 2.75) is 77.0 Å². The number of hydrogen-bond acceptors (Lipinski definition) is 1. The highest BCUT2D eigenvalue weighted by Gasteiger charge is 2.35. The first-order valence-electron chi connectivity index (χ1n) is 8.36. The van der Waals surface area contributed by atoms with Gasteiger partial charge in [-0.05, 0) is 54.9 Å². The lowest BCUT2D eigenvalue weighted by Crippen LogP contribution is -2.22. The molecule has 1 aromatic rings. The minimum absolute atomic E-state index is 0.438. The van der Waals surface area contributed by atoms with Gasteiger partial charge in [0.25, 0.3) is 0 Å². The van der Waals surface area contributed by atoms with Gasteiger partial charge in [0.2, 0.25) is 0 Å². The molecule has 0 N–H and O–H groups in total. The second-order valence-electron chi connectivity index (χ2n) is 6.54. The summed E-state index contributed by atoms with van der Waals surface area (Å²) in [5, 5.41) is 0. The van der Waals surface area contributed by atoms with Gasteiger partial charge in [0, 0.05) is 0 Å². The summed E-state index contributed by atoms with van der Waals surface area (Å²) < 4.78 is 5.48. The van der Waals surface area contributed by atoms with Crippen LogP contribution >= 0.6 is 0 Å². The zero-order chi connectivity index (χ0) is 14.4. The van der Waals surface area contributed by atoms with Crippen LogP contribution in [0.25, 0.3) is 0 Å². The van der Waals surface area contributed by atoms with Crippen LogP contribution in [0.2, 0.25) is 0 Å². The van der Waals surface area contributed by atoms with E-state index in [-0.39, 0.29) is 0 Å². The van der Waals surface area contributed by atoms with Gasteiger partial charge in [-0.25, -0.2) is 0 Å². The Hall–Kier alpha value is -0.980. The number of methoxy groups -OCH3 is 1. The van der Waals surface area contributed by atoms with Crippen LogP contribution in [0, 0.1) is 6.92 Å². The summed E-state index contributed by atoms with van der Waals surface area (Å²) in [5.74, 6) is 1.03. The molecule has 1 aromatic carbocycles. The summed E-state index contributed by atoms with van der Waals surface area (Å²) in [6.45, 7) is 4.47. The van der Waals surface area contributed by atoms with Crippen LogP contribution in [0.5, 0.6) is 5.75 Å². The van der Waals surface area contributed by atoms with Gasteiger partial charge in [-0.2, -0.15) is 0 Å². The standard InChI is InChI=1S/C19H30O/c1-4-5-6-7-10-19(11-8-9-12-19)17-13-16(2)14-18(15-17)20-3/h13-15H,4-12H2,1-3H3. The largest absolute Gasteiger partial charge is 0.497 e. The minimum atomic E-state index is 0.438. The molecular formula is C19H30O. The highest BCUT2D eigenvalue weighted by molar-refractivity contribution is 5.38. The highest BCUT2D eigenvalue weighted by atomic mass is 16.5. The minimum Gasteiger partial charge on any atom is -0.497 e. The van der Waals surface area contributed by atoms with Crippen LogP contribution in [0.15, 0.2) is 18.2 Å². The van der Waals surface area contributed by atoms with Crippen molar-refractivity contribution < 1.29 is 4.74 Å². The van der Waals surface area contributed by atoms with Crippen LogP contribution in [-0.4, -0.2) is 7.11 Å². The Morgan fingerprint density at radius 3 is 2.45 bits per heavy atom. The Bertz CT molecular complexity index is 416. The summed E-state index contributed by atoms with van der Waals surface area (Å²) in [6, 6.07) is 6.83. The van der Waals surface area contributed by atoms with Crippen molar-refractivity contribution in [3.63, 3.8) is 0 Å². The van der Waals surface area contributed by atoms with Gasteiger partial charge in [0.15, 0.2) is 0 Å². The lowest BCUT2D eigenvalue weighted by Gasteiger charge is -2.30. The van der Waals surface area contributed by atoms with E-state index < -0.39 is 0 Å². The maximum absolute atomic E-state index is 5.48. The van der Waals surface area contributed by atoms with Crippen LogP contribution < -0.4 is 4.74 Å². The highest BCUT2D eigenvalue weighted by Crippen LogP contribution is 2.46. The molecule has 0 atom stereocenters. The molecule has 1 saturated carbocycles. The maximum Gasteiger partial charge on any atom is 0.119 e. The van der Waals surface area contributed by atoms with E-state index in [0.29, 0.717) is 5.41 Å². The van der Waals surface area contributed by atoms with Crippen molar-refractivity contribution in [1.82, 2.24) is 0 Å². The van der Waals surface area contributed by atoms with Crippen molar-refractivity contribution >= 4 is 0 Å². The first-order valence-corrected chi connectivity index (χ1v) is 8.36. The van der Waals surface area contributed by atoms with Crippen LogP contribution in [0.4, 0.5) is 0 Å². The van der Waals surface area contributed by atoms with Gasteiger partial charge in [0.1, 0.15) is 5.75 Å². The molecule has 0 aliphatic heterocycles. The molecule has 0 saturated heterocycles. The second kappa shape index (κ2) is 7.15. The van der Waals surface area contributed by atoms with Crippen molar-refractivity contribution in [3.8, 4) is 5.75 Å². The van der Waals surface area contributed by atoms with E-state index >= 15 is 0 Å². The third-order valence-electron chi connectivity index (χ3n) is 4.97. The second-order valence-corrected chi connectivity index (χ2v) is 6.54. The summed E-state index contributed by atoms with van der Waals surface area (Å²) in [6.07, 6.45) is 12.4. The Balaban J connectivity index is 2.16. The summed E-state index contributed by atoms with van der Waals surface area (Å²) in [4.78, 5) is 0. The smallest absolute Gasteiger partial charge is 0.119 e. The fourth-order valence-corrected chi connectivity index (χ4v) is 3.80. The fourth-order valence-electron chi connectivity index (χ4n) is 3.80. The third-order valence-corrected chi connectivity index (χ3v) is 4.97. The molecule has 1 nitrogen and oxygen atoms in total. The molecule has 1 aliphatic carbocycles. The number of ether oxygens (including phenoxy) is 1. The van der Waals surface area contributed by atoms with Gasteiger partial charge >= 0.3 is 0 Å². The van der Waals surface area contributed by atoms with Crippen LogP contribution in [0.3, 0.4) is 0 Å². The fraction of sp³-hybridized carbons (Fsp3) is 0.684. The molecule has 0 aromatic heterocycles. The third kappa shape index (κ3) is 3.56. The maximum atomic E-state index is 5.48. The normalized spacial score (nSPS) is 17.4. The van der Waals surface area contributed by atoms with Gasteiger partial charge in [-0.1, -0.05) is 51.5 Å². The molecule has 20 heavy (non-hydrogen) atoms. The van der Waals surface area contributed by atoms with Gasteiger partial charge in [0.05, 0.1) is 7.11 Å². The molecule has 1 fully saturated rings. The van der Waals surface area contributed by atoms with Crippen molar-refractivity contribution in [2.75, 3.05) is 7.11 Å². The zero-order valence-corrected chi connectivity index (χ0v) is 13.5. The number of rotatable bonds is 7. The van der Waals surface area contributed by atoms with Crippen LogP contribution in [-0.2, 0) is 5.41 Å². The van der Waals surface area contributed by atoms with E-state index in [4.69, 9.17) is 4.74 Å². The molecule has 112 valence electrons. The molecule has 0 radical (unpaired) electrons. The predicted molar refractivity (Wildman–Crippen MR) is 86.6 cm³/mol. The first-order chi connectivity index (χ1) is 9.70. The van der Waals surface area contributed by atoms with Crippen molar-refractivity contribution in [3.05, 3.63) is 29.3 Å². The van der Waals surface area contributed by atoms with E-state index in [1.54, 1.807) is 7.11 Å². The molecular weight excluding hydrogens is 244 g/mol. The topological polar surface area (TPSA) is 9.23 Å². The molecule has 0 amide bonds. The summed E-state index contributed by atoms with van der Waals surface area (Å²) in [5.41, 5.74) is 3.30. The SMILES string of the molecule is CCCCCCC1(c2cc(C)cc(OC)c2)CCCC1. The van der Waals surface area contributed by atoms with Gasteiger partial charge in [-0.3, -0.25) is 0 Å². The average molecular weight is 274 g/mol. The Morgan fingerprint density at radius 1 is 1.05 bits per heavy atom. The van der Waals surface area contributed by atoms with E-state index in [2.05, 4.69) is 32.0 Å². The molecule has 2 rings (SSSR count). The molecule has 1 aliphatic rings. The van der Waals surface area contributed by atoms with Gasteiger partial charge < -0.3 is 4.74 Å². The van der Waals surface area contributed by atoms with E-state index in [1.165, 1.54) is 68.9 Å². The molecule has 1 heteroatoms. The summed E-state index contributed by atoms with van der Waals surface area (Å²) in [7, 11) is 1.78. The average Bonchev–Trinajstić information content (AvgIpc) is 2.93. The van der Waals surface area contributed by atoms with Crippen molar-refractivity contribution in [1.29, 1.82) is 0 Å². The zero-order valence-electron chi connectivity index (χ0n) is 13.5. The Kier molecular flexibility index (Phi) is 5.51. The van der Waals surface area contributed by atoms with Gasteiger partial charge in [-0.15, -0.1) is 0 Å². The Morgan fingerprint density at radius 2 is 1.80 bits per heavy atom. The number of unbranched alkanes of at least 4 members (excludes halogenated alkanes) is 3. The lowest BCUT2D eigenvalue weighted by molar-refractivity contribution is 0.377. The predicted octanol–water partition coefficient (Wildman–Crippen LogP) is 5.79. The number of benzene rings is 1. The number of hydrogen-bond donors (Lipinski definition) is 0. The molecule has 0 spiro atoms. The van der Waals surface area contributed by atoms with Crippen molar-refractivity contribution in [2.24, 2.45) is 0 Å². The number of aryl methyl sites for hydroxylation is 1. The summed E-state index contributed by atoms with van der Waals surface area (Å²) >= 11 is 0. The molecule has 0 bridgehead atoms. The quantitative estimate of drug-likeness (QED) is 0.572. The Labute approximate surface area is 124 Å². The van der Waals surface area contributed by atoms with E-state index in [9.17, 15) is 0 Å². The monoisotopic (exact) mass is 274 g/mol. The van der Waals surface area contributed by atoms with E-state index in [1.807, 2.05) is 0 Å². The first kappa shape index (κ1) is 15.4.